The quantitative estimate of drug-likeness (QED) is 0.538. The van der Waals surface area contributed by atoms with Crippen molar-refractivity contribution >= 4 is 15.7 Å². The Morgan fingerprint density at radius 1 is 0.897 bits per heavy atom. The summed E-state index contributed by atoms with van der Waals surface area (Å²) >= 11 is 0. The molecule has 5 nitrogen and oxygen atoms in total. The van der Waals surface area contributed by atoms with Crippen molar-refractivity contribution in [2.24, 2.45) is 0 Å². The minimum Gasteiger partial charge on any atom is -0.497 e. The number of hydrogen-bond acceptors (Lipinski definition) is 4. The summed E-state index contributed by atoms with van der Waals surface area (Å²) in [5, 5.41) is 0. The van der Waals surface area contributed by atoms with Crippen molar-refractivity contribution < 1.29 is 17.9 Å². The second kappa shape index (κ2) is 16.7. The monoisotopic (exact) mass is 425 g/mol. The van der Waals surface area contributed by atoms with Crippen LogP contribution in [0, 0.1) is 6.92 Å². The van der Waals surface area contributed by atoms with Crippen molar-refractivity contribution in [2.45, 2.75) is 66.7 Å². The number of anilines is 1. The average Bonchev–Trinajstić information content (AvgIpc) is 2.78. The Kier molecular flexibility index (Phi) is 16.7. The predicted molar refractivity (Wildman–Crippen MR) is 125 cm³/mol. The lowest BCUT2D eigenvalue weighted by atomic mass is 10.2. The second-order valence-corrected chi connectivity index (χ2v) is 6.79. The first kappa shape index (κ1) is 29.0. The van der Waals surface area contributed by atoms with E-state index in [-0.39, 0.29) is 4.90 Å². The highest BCUT2D eigenvalue weighted by Crippen LogP contribution is 2.25. The molecule has 0 heterocycles. The maximum absolute atomic E-state index is 12.4. The van der Waals surface area contributed by atoms with Crippen molar-refractivity contribution in [2.75, 3.05) is 18.4 Å². The van der Waals surface area contributed by atoms with E-state index in [9.17, 15) is 8.42 Å². The molecule has 0 bridgehead atoms. The molecular formula is C23H39NO4S. The van der Waals surface area contributed by atoms with Crippen molar-refractivity contribution in [1.82, 2.24) is 0 Å². The van der Waals surface area contributed by atoms with Gasteiger partial charge in [0, 0.05) is 6.07 Å². The predicted octanol–water partition coefficient (Wildman–Crippen LogP) is 6.67. The number of aryl methyl sites for hydroxylation is 1. The molecule has 166 valence electrons. The fraction of sp³-hybridized carbons (Fsp3) is 0.478. The molecule has 1 N–H and O–H groups in total. The van der Waals surface area contributed by atoms with Gasteiger partial charge in [0.2, 0.25) is 0 Å². The zero-order valence-electron chi connectivity index (χ0n) is 19.5. The Morgan fingerprint density at radius 3 is 1.93 bits per heavy atom. The zero-order chi connectivity index (χ0) is 22.9. The Bertz CT molecular complexity index is 757. The fourth-order valence-electron chi connectivity index (χ4n) is 2.00. The summed E-state index contributed by atoms with van der Waals surface area (Å²) in [6.45, 7) is 16.5. The first-order valence-corrected chi connectivity index (χ1v) is 11.8. The molecular weight excluding hydrogens is 386 g/mol. The van der Waals surface area contributed by atoms with E-state index in [1.807, 2.05) is 61.5 Å². The fourth-order valence-corrected chi connectivity index (χ4v) is 3.05. The van der Waals surface area contributed by atoms with Crippen LogP contribution in [-0.2, 0) is 10.0 Å². The highest BCUT2D eigenvalue weighted by atomic mass is 32.2. The third-order valence-electron chi connectivity index (χ3n) is 3.27. The molecule has 2 aromatic rings. The van der Waals surface area contributed by atoms with Crippen LogP contribution in [0.4, 0.5) is 5.69 Å². The number of hydrogen-bond donors (Lipinski definition) is 1. The number of rotatable bonds is 7. The molecule has 6 heteroatoms. The molecule has 0 unspecified atom stereocenters. The Balaban J connectivity index is 0. The summed E-state index contributed by atoms with van der Waals surface area (Å²) in [6, 6.07) is 11.5. The lowest BCUT2D eigenvalue weighted by Crippen LogP contribution is -2.13. The summed E-state index contributed by atoms with van der Waals surface area (Å²) in [4.78, 5) is 0.176. The highest BCUT2D eigenvalue weighted by molar-refractivity contribution is 7.92. The molecule has 0 amide bonds. The molecule has 0 aliphatic carbocycles. The molecule has 0 spiro atoms. The average molecular weight is 426 g/mol. The van der Waals surface area contributed by atoms with Crippen LogP contribution in [-0.4, -0.2) is 22.1 Å². The van der Waals surface area contributed by atoms with Gasteiger partial charge < -0.3 is 9.47 Å². The van der Waals surface area contributed by atoms with Crippen LogP contribution in [0.15, 0.2) is 47.4 Å². The van der Waals surface area contributed by atoms with Crippen molar-refractivity contribution in [1.29, 1.82) is 0 Å². The van der Waals surface area contributed by atoms with Crippen molar-refractivity contribution in [3.8, 4) is 11.5 Å². The molecule has 0 atom stereocenters. The number of sulfonamides is 1. The highest BCUT2D eigenvalue weighted by Gasteiger charge is 2.15. The van der Waals surface area contributed by atoms with Crippen LogP contribution in [0.5, 0.6) is 11.5 Å². The lowest BCUT2D eigenvalue weighted by molar-refractivity contribution is 0.315. The molecule has 2 aromatic carbocycles. The van der Waals surface area contributed by atoms with Gasteiger partial charge in [0.15, 0.2) is 0 Å². The van der Waals surface area contributed by atoms with Crippen LogP contribution >= 0.6 is 0 Å². The van der Waals surface area contributed by atoms with E-state index < -0.39 is 10.0 Å². The number of methoxy groups -OCH3 is 1. The second-order valence-electron chi connectivity index (χ2n) is 5.11. The molecule has 0 radical (unpaired) electrons. The molecule has 0 fully saturated rings. The molecule has 0 aliphatic rings. The number of benzene rings is 2. The van der Waals surface area contributed by atoms with Crippen LogP contribution in [0.1, 0.15) is 60.5 Å². The largest absolute Gasteiger partial charge is 0.497 e. The third kappa shape index (κ3) is 10.2. The standard InChI is InChI=1S/C17H21NO4S.3C2H6/c1-4-11-22-17-12-14(6-5-13(17)2)18-23(19,20)16-9-7-15(21-3)8-10-16;3*1-2/h5-10,12,18H,4,11H2,1-3H3;3*1-2H3. The summed E-state index contributed by atoms with van der Waals surface area (Å²) in [5.41, 5.74) is 1.43. The SMILES string of the molecule is CC.CC.CC.CCCOc1cc(NS(=O)(=O)c2ccc(OC)cc2)ccc1C. The van der Waals surface area contributed by atoms with Crippen molar-refractivity contribution in [3.05, 3.63) is 48.0 Å². The van der Waals surface area contributed by atoms with Gasteiger partial charge in [-0.2, -0.15) is 0 Å². The van der Waals surface area contributed by atoms with Gasteiger partial charge in [-0.05, 0) is 49.2 Å². The smallest absolute Gasteiger partial charge is 0.261 e. The van der Waals surface area contributed by atoms with E-state index in [0.717, 1.165) is 12.0 Å². The zero-order valence-corrected chi connectivity index (χ0v) is 20.3. The summed E-state index contributed by atoms with van der Waals surface area (Å²) < 4.78 is 38.1. The summed E-state index contributed by atoms with van der Waals surface area (Å²) in [5.74, 6) is 1.29. The van der Waals surface area contributed by atoms with Gasteiger partial charge in [0.25, 0.3) is 10.0 Å². The Morgan fingerprint density at radius 2 is 1.45 bits per heavy atom. The molecule has 0 aromatic heterocycles. The van der Waals surface area contributed by atoms with E-state index in [2.05, 4.69) is 4.72 Å². The molecule has 0 aliphatic heterocycles. The first-order valence-electron chi connectivity index (χ1n) is 10.4. The van der Waals surface area contributed by atoms with Gasteiger partial charge in [0.05, 0.1) is 24.3 Å². The van der Waals surface area contributed by atoms with Gasteiger partial charge >= 0.3 is 0 Å². The maximum Gasteiger partial charge on any atom is 0.261 e. The van der Waals surface area contributed by atoms with Crippen LogP contribution in [0.3, 0.4) is 0 Å². The third-order valence-corrected chi connectivity index (χ3v) is 4.67. The first-order chi connectivity index (χ1) is 14.0. The lowest BCUT2D eigenvalue weighted by Gasteiger charge is -2.12. The van der Waals surface area contributed by atoms with E-state index >= 15 is 0 Å². The summed E-state index contributed by atoms with van der Waals surface area (Å²) in [6.07, 6.45) is 0.890. The Labute approximate surface area is 178 Å². The molecule has 2 rings (SSSR count). The molecule has 29 heavy (non-hydrogen) atoms. The minimum absolute atomic E-state index is 0.176. The van der Waals surface area contributed by atoms with Crippen molar-refractivity contribution in [3.63, 3.8) is 0 Å². The molecule has 0 saturated heterocycles. The van der Waals surface area contributed by atoms with E-state index in [1.165, 1.54) is 19.2 Å². The summed E-state index contributed by atoms with van der Waals surface area (Å²) in [7, 11) is -2.12. The van der Waals surface area contributed by atoms with Gasteiger partial charge in [-0.25, -0.2) is 8.42 Å². The van der Waals surface area contributed by atoms with Gasteiger partial charge in [-0.15, -0.1) is 0 Å². The van der Waals surface area contributed by atoms with Crippen LogP contribution in [0.25, 0.3) is 0 Å². The number of ether oxygens (including phenoxy) is 2. The van der Waals surface area contributed by atoms with E-state index in [1.54, 1.807) is 24.3 Å². The molecule has 0 saturated carbocycles. The van der Waals surface area contributed by atoms with E-state index in [0.29, 0.717) is 23.8 Å². The van der Waals surface area contributed by atoms with Gasteiger partial charge in [-0.1, -0.05) is 54.5 Å². The van der Waals surface area contributed by atoms with E-state index in [4.69, 9.17) is 9.47 Å². The number of nitrogens with one attached hydrogen (secondary N) is 1. The van der Waals surface area contributed by atoms with Crippen LogP contribution < -0.4 is 14.2 Å². The van der Waals surface area contributed by atoms with Gasteiger partial charge in [-0.3, -0.25) is 4.72 Å². The topological polar surface area (TPSA) is 64.6 Å². The minimum atomic E-state index is -3.65. The Hall–Kier alpha value is -2.21. The van der Waals surface area contributed by atoms with Crippen LogP contribution in [0.2, 0.25) is 0 Å². The normalized spacial score (nSPS) is 9.41. The van der Waals surface area contributed by atoms with Gasteiger partial charge in [0.1, 0.15) is 11.5 Å². The maximum atomic E-state index is 12.4.